The summed E-state index contributed by atoms with van der Waals surface area (Å²) in [5, 5.41) is 9.84. The van der Waals surface area contributed by atoms with Gasteiger partial charge in [0, 0.05) is 18.7 Å². The van der Waals surface area contributed by atoms with Crippen molar-refractivity contribution in [2.24, 2.45) is 0 Å². The maximum absolute atomic E-state index is 12.7. The fourth-order valence-corrected chi connectivity index (χ4v) is 3.15. The minimum absolute atomic E-state index is 0.122. The van der Waals surface area contributed by atoms with E-state index < -0.39 is 5.60 Å². The van der Waals surface area contributed by atoms with Crippen molar-refractivity contribution in [2.45, 2.75) is 70.4 Å². The van der Waals surface area contributed by atoms with Crippen molar-refractivity contribution in [1.82, 2.24) is 4.90 Å². The first-order chi connectivity index (χ1) is 10.4. The summed E-state index contributed by atoms with van der Waals surface area (Å²) in [4.78, 5) is 14.6. The molecule has 22 heavy (non-hydrogen) atoms. The fourth-order valence-electron chi connectivity index (χ4n) is 3.15. The Hall–Kier alpha value is -1.35. The lowest BCUT2D eigenvalue weighted by Gasteiger charge is -2.31. The number of carbonyl (C=O) groups excluding carboxylic acids is 1. The summed E-state index contributed by atoms with van der Waals surface area (Å²) in [6.07, 6.45) is 7.49. The molecule has 1 aliphatic rings. The van der Waals surface area contributed by atoms with Crippen LogP contribution in [0.3, 0.4) is 0 Å². The molecule has 1 aromatic carbocycles. The number of nitrogens with zero attached hydrogens (tertiary/aromatic N) is 1. The van der Waals surface area contributed by atoms with Gasteiger partial charge in [0.2, 0.25) is 0 Å². The van der Waals surface area contributed by atoms with Gasteiger partial charge in [-0.2, -0.15) is 0 Å². The molecule has 1 amide bonds. The van der Waals surface area contributed by atoms with Gasteiger partial charge in [0.1, 0.15) is 0 Å². The van der Waals surface area contributed by atoms with Crippen molar-refractivity contribution < 1.29 is 9.90 Å². The molecule has 1 aliphatic carbocycles. The minimum atomic E-state index is -0.668. The van der Waals surface area contributed by atoms with Crippen molar-refractivity contribution in [3.8, 4) is 0 Å². The zero-order valence-electron chi connectivity index (χ0n) is 14.1. The second kappa shape index (κ2) is 7.28. The van der Waals surface area contributed by atoms with E-state index in [1.807, 2.05) is 50.1 Å². The minimum Gasteiger partial charge on any atom is -0.390 e. The van der Waals surface area contributed by atoms with Crippen LogP contribution in [0.15, 0.2) is 24.3 Å². The van der Waals surface area contributed by atoms with Crippen LogP contribution < -0.4 is 0 Å². The number of aryl methyl sites for hydroxylation is 1. The van der Waals surface area contributed by atoms with Gasteiger partial charge in [0.15, 0.2) is 0 Å². The largest absolute Gasteiger partial charge is 0.390 e. The highest BCUT2D eigenvalue weighted by molar-refractivity contribution is 5.94. The molecular weight excluding hydrogens is 274 g/mol. The second-order valence-electron chi connectivity index (χ2n) is 7.22. The van der Waals surface area contributed by atoms with E-state index in [2.05, 4.69) is 0 Å². The Morgan fingerprint density at radius 2 is 1.95 bits per heavy atom. The molecule has 0 unspecified atom stereocenters. The Kier molecular flexibility index (Phi) is 5.63. The molecule has 3 heteroatoms. The molecule has 0 heterocycles. The first-order valence-corrected chi connectivity index (χ1v) is 8.45. The van der Waals surface area contributed by atoms with E-state index in [0.717, 1.165) is 30.4 Å². The van der Waals surface area contributed by atoms with Crippen LogP contribution >= 0.6 is 0 Å². The van der Waals surface area contributed by atoms with Crippen LogP contribution in [0.1, 0.15) is 68.3 Å². The van der Waals surface area contributed by atoms with Crippen molar-refractivity contribution in [1.29, 1.82) is 0 Å². The standard InChI is InChI=1S/C19H29NO2/c1-19(2,22)13-12-15-8-7-9-16(14-15)18(21)20(3)17-10-5-4-6-11-17/h7-9,14,17,22H,4-6,10-13H2,1-3H3. The summed E-state index contributed by atoms with van der Waals surface area (Å²) in [5.41, 5.74) is 1.21. The highest BCUT2D eigenvalue weighted by Gasteiger charge is 2.23. The SMILES string of the molecule is CN(C(=O)c1cccc(CCC(C)(C)O)c1)C1CCCCC1. The summed E-state index contributed by atoms with van der Waals surface area (Å²) < 4.78 is 0. The first kappa shape index (κ1) is 17.0. The van der Waals surface area contributed by atoms with Crippen LogP contribution in [0.2, 0.25) is 0 Å². The molecule has 0 bridgehead atoms. The van der Waals surface area contributed by atoms with E-state index in [9.17, 15) is 9.90 Å². The number of aliphatic hydroxyl groups is 1. The molecule has 122 valence electrons. The molecule has 1 aromatic rings. The molecule has 0 saturated heterocycles. The van der Waals surface area contributed by atoms with E-state index in [0.29, 0.717) is 12.5 Å². The van der Waals surface area contributed by atoms with Gasteiger partial charge in [-0.15, -0.1) is 0 Å². The summed E-state index contributed by atoms with van der Waals surface area (Å²) in [6, 6.07) is 8.24. The Morgan fingerprint density at radius 3 is 2.59 bits per heavy atom. The van der Waals surface area contributed by atoms with Gasteiger partial charge in [-0.05, 0) is 57.2 Å². The Balaban J connectivity index is 2.03. The predicted octanol–water partition coefficient (Wildman–Crippen LogP) is 3.79. The number of amides is 1. The smallest absolute Gasteiger partial charge is 0.253 e. The molecular formula is C19H29NO2. The molecule has 0 aromatic heterocycles. The van der Waals surface area contributed by atoms with E-state index in [4.69, 9.17) is 0 Å². The average Bonchev–Trinajstić information content (AvgIpc) is 2.52. The molecule has 0 spiro atoms. The summed E-state index contributed by atoms with van der Waals surface area (Å²) >= 11 is 0. The molecule has 3 nitrogen and oxygen atoms in total. The van der Waals surface area contributed by atoms with Crippen molar-refractivity contribution >= 4 is 5.91 Å². The third-order valence-electron chi connectivity index (χ3n) is 4.64. The predicted molar refractivity (Wildman–Crippen MR) is 90.0 cm³/mol. The number of carbonyl (C=O) groups is 1. The summed E-state index contributed by atoms with van der Waals surface area (Å²) in [7, 11) is 1.93. The number of benzene rings is 1. The normalized spacial score (nSPS) is 16.5. The van der Waals surface area contributed by atoms with Gasteiger partial charge in [-0.3, -0.25) is 4.79 Å². The quantitative estimate of drug-likeness (QED) is 0.899. The summed E-state index contributed by atoms with van der Waals surface area (Å²) in [5.74, 6) is 0.122. The second-order valence-corrected chi connectivity index (χ2v) is 7.22. The zero-order valence-corrected chi connectivity index (χ0v) is 14.1. The fraction of sp³-hybridized carbons (Fsp3) is 0.632. The third-order valence-corrected chi connectivity index (χ3v) is 4.64. The molecule has 0 aliphatic heterocycles. The Labute approximate surface area is 134 Å². The van der Waals surface area contributed by atoms with E-state index >= 15 is 0 Å². The summed E-state index contributed by atoms with van der Waals surface area (Å²) in [6.45, 7) is 3.64. The lowest BCUT2D eigenvalue weighted by Crippen LogP contribution is -2.38. The van der Waals surface area contributed by atoms with Crippen molar-refractivity contribution in [3.05, 3.63) is 35.4 Å². The third kappa shape index (κ3) is 4.84. The average molecular weight is 303 g/mol. The van der Waals surface area contributed by atoms with Crippen LogP contribution in [-0.2, 0) is 6.42 Å². The maximum Gasteiger partial charge on any atom is 0.253 e. The van der Waals surface area contributed by atoms with Gasteiger partial charge in [-0.25, -0.2) is 0 Å². The molecule has 1 N–H and O–H groups in total. The molecule has 0 atom stereocenters. The van der Waals surface area contributed by atoms with Gasteiger partial charge in [-0.1, -0.05) is 31.4 Å². The zero-order chi connectivity index (χ0) is 16.2. The number of hydrogen-bond donors (Lipinski definition) is 1. The van der Waals surface area contributed by atoms with Gasteiger partial charge >= 0.3 is 0 Å². The van der Waals surface area contributed by atoms with Crippen LogP contribution in [0.25, 0.3) is 0 Å². The highest BCUT2D eigenvalue weighted by Crippen LogP contribution is 2.23. The van der Waals surface area contributed by atoms with Crippen molar-refractivity contribution in [3.63, 3.8) is 0 Å². The monoisotopic (exact) mass is 303 g/mol. The maximum atomic E-state index is 12.7. The Bertz CT molecular complexity index is 498. The van der Waals surface area contributed by atoms with E-state index in [1.54, 1.807) is 0 Å². The van der Waals surface area contributed by atoms with E-state index in [-0.39, 0.29) is 5.91 Å². The van der Waals surface area contributed by atoms with Crippen LogP contribution in [0.5, 0.6) is 0 Å². The van der Waals surface area contributed by atoms with Gasteiger partial charge in [0.25, 0.3) is 5.91 Å². The number of rotatable bonds is 5. The lowest BCUT2D eigenvalue weighted by molar-refractivity contribution is 0.0696. The van der Waals surface area contributed by atoms with E-state index in [1.165, 1.54) is 19.3 Å². The Morgan fingerprint density at radius 1 is 1.27 bits per heavy atom. The number of hydrogen-bond acceptors (Lipinski definition) is 2. The molecule has 1 saturated carbocycles. The van der Waals surface area contributed by atoms with Crippen molar-refractivity contribution in [2.75, 3.05) is 7.05 Å². The molecule has 1 fully saturated rings. The van der Waals surface area contributed by atoms with Crippen LogP contribution in [0, 0.1) is 0 Å². The topological polar surface area (TPSA) is 40.5 Å². The highest BCUT2D eigenvalue weighted by atomic mass is 16.3. The van der Waals surface area contributed by atoms with Crippen LogP contribution in [-0.4, -0.2) is 34.6 Å². The molecule has 0 radical (unpaired) electrons. The van der Waals surface area contributed by atoms with Crippen LogP contribution in [0.4, 0.5) is 0 Å². The first-order valence-electron chi connectivity index (χ1n) is 8.45. The van der Waals surface area contributed by atoms with Gasteiger partial charge in [0.05, 0.1) is 5.60 Å². The van der Waals surface area contributed by atoms with Gasteiger partial charge < -0.3 is 10.0 Å². The lowest BCUT2D eigenvalue weighted by atomic mass is 9.93. The molecule has 2 rings (SSSR count).